The van der Waals surface area contributed by atoms with E-state index in [-0.39, 0.29) is 0 Å². The van der Waals surface area contributed by atoms with Gasteiger partial charge in [-0.3, -0.25) is 0 Å². The molecule has 0 fully saturated rings. The van der Waals surface area contributed by atoms with E-state index in [4.69, 9.17) is 0 Å². The summed E-state index contributed by atoms with van der Waals surface area (Å²) < 4.78 is 0. The molecule has 0 spiro atoms. The van der Waals surface area contributed by atoms with E-state index in [1.165, 1.54) is 72.0 Å². The molecule has 1 heteroatoms. The Hall–Kier alpha value is -7.74. The van der Waals surface area contributed by atoms with Crippen LogP contribution in [0.5, 0.6) is 0 Å². The van der Waals surface area contributed by atoms with E-state index in [1.54, 1.807) is 0 Å². The molecule has 0 unspecified atom stereocenters. The molecule has 0 aromatic heterocycles. The number of hydrogen-bond donors (Lipinski definition) is 0. The fraction of sp³-hybridized carbons (Fsp3) is 0. The average molecular weight is 752 g/mol. The van der Waals surface area contributed by atoms with Crippen molar-refractivity contribution < 1.29 is 0 Å². The summed E-state index contributed by atoms with van der Waals surface area (Å²) >= 11 is 0. The van der Waals surface area contributed by atoms with Crippen molar-refractivity contribution >= 4 is 27.8 Å². The van der Waals surface area contributed by atoms with Crippen LogP contribution in [-0.4, -0.2) is 0 Å². The maximum Gasteiger partial charge on any atom is 0.0540 e. The predicted octanol–water partition coefficient (Wildman–Crippen LogP) is 16.3. The highest BCUT2D eigenvalue weighted by molar-refractivity contribution is 5.99. The van der Waals surface area contributed by atoms with Crippen molar-refractivity contribution in [2.45, 2.75) is 0 Å². The Balaban J connectivity index is 1.14. The van der Waals surface area contributed by atoms with E-state index in [1.807, 2.05) is 0 Å². The lowest BCUT2D eigenvalue weighted by atomic mass is 9.86. The number of rotatable bonds is 9. The molecule has 10 aromatic carbocycles. The van der Waals surface area contributed by atoms with Crippen molar-refractivity contribution in [3.63, 3.8) is 0 Å². The summed E-state index contributed by atoms with van der Waals surface area (Å²) in [4.78, 5) is 2.42. The number of anilines is 3. The van der Waals surface area contributed by atoms with Crippen LogP contribution >= 0.6 is 0 Å². The fourth-order valence-corrected chi connectivity index (χ4v) is 8.33. The summed E-state index contributed by atoms with van der Waals surface area (Å²) in [6.07, 6.45) is 0. The van der Waals surface area contributed by atoms with Gasteiger partial charge >= 0.3 is 0 Å². The molecular formula is C58H41N. The number of nitrogens with zero attached hydrogens (tertiary/aromatic N) is 1. The molecule has 0 aliphatic carbocycles. The molecule has 0 heterocycles. The topological polar surface area (TPSA) is 3.24 Å². The van der Waals surface area contributed by atoms with Gasteiger partial charge in [-0.05, 0) is 108 Å². The fourth-order valence-electron chi connectivity index (χ4n) is 8.33. The minimum atomic E-state index is 1.09. The molecule has 10 rings (SSSR count). The second-order valence-electron chi connectivity index (χ2n) is 14.9. The molecule has 0 aliphatic heterocycles. The maximum absolute atomic E-state index is 2.42. The monoisotopic (exact) mass is 751 g/mol. The Bertz CT molecular complexity index is 3000. The first-order valence-corrected chi connectivity index (χ1v) is 20.3. The molecule has 59 heavy (non-hydrogen) atoms. The van der Waals surface area contributed by atoms with Crippen LogP contribution in [-0.2, 0) is 0 Å². The lowest BCUT2D eigenvalue weighted by Crippen LogP contribution is -2.11. The van der Waals surface area contributed by atoms with Gasteiger partial charge in [-0.1, -0.05) is 212 Å². The van der Waals surface area contributed by atoms with E-state index in [9.17, 15) is 0 Å². The molecule has 0 saturated heterocycles. The predicted molar refractivity (Wildman–Crippen MR) is 251 cm³/mol. The van der Waals surface area contributed by atoms with Gasteiger partial charge in [0.25, 0.3) is 0 Å². The first kappa shape index (κ1) is 35.7. The van der Waals surface area contributed by atoms with Crippen molar-refractivity contribution in [1.29, 1.82) is 0 Å². The molecule has 1 nitrogen and oxygen atoms in total. The van der Waals surface area contributed by atoms with Crippen LogP contribution in [0.15, 0.2) is 249 Å². The van der Waals surface area contributed by atoms with Crippen molar-refractivity contribution in [3.8, 4) is 66.8 Å². The Morgan fingerprint density at radius 1 is 0.203 bits per heavy atom. The van der Waals surface area contributed by atoms with Gasteiger partial charge in [0.15, 0.2) is 0 Å². The highest BCUT2D eigenvalue weighted by Gasteiger charge is 2.21. The highest BCUT2D eigenvalue weighted by Crippen LogP contribution is 2.47. The quantitative estimate of drug-likeness (QED) is 0.142. The van der Waals surface area contributed by atoms with Gasteiger partial charge in [0.05, 0.1) is 5.69 Å². The minimum Gasteiger partial charge on any atom is -0.310 e. The summed E-state index contributed by atoms with van der Waals surface area (Å²) in [5.41, 5.74) is 17.6. The van der Waals surface area contributed by atoms with Gasteiger partial charge in [-0.2, -0.15) is 0 Å². The Labute approximate surface area is 346 Å². The maximum atomic E-state index is 2.42. The average Bonchev–Trinajstić information content (AvgIpc) is 3.33. The third-order valence-electron chi connectivity index (χ3n) is 11.3. The van der Waals surface area contributed by atoms with Crippen LogP contribution in [0.25, 0.3) is 77.5 Å². The third-order valence-corrected chi connectivity index (χ3v) is 11.3. The van der Waals surface area contributed by atoms with Crippen LogP contribution in [0, 0.1) is 0 Å². The van der Waals surface area contributed by atoms with Gasteiger partial charge in [0.2, 0.25) is 0 Å². The lowest BCUT2D eigenvalue weighted by Gasteiger charge is -2.29. The smallest absolute Gasteiger partial charge is 0.0540 e. The van der Waals surface area contributed by atoms with Crippen LogP contribution in [0.4, 0.5) is 17.1 Å². The van der Waals surface area contributed by atoms with E-state index in [0.29, 0.717) is 0 Å². The summed E-state index contributed by atoms with van der Waals surface area (Å²) in [6.45, 7) is 0. The van der Waals surface area contributed by atoms with Gasteiger partial charge in [-0.15, -0.1) is 0 Å². The zero-order valence-corrected chi connectivity index (χ0v) is 32.6. The van der Waals surface area contributed by atoms with Gasteiger partial charge in [0.1, 0.15) is 0 Å². The standard InChI is InChI=1S/C58H41N/c1-4-16-42(17-5-1)45-28-30-46(31-29-45)47-32-36-51(37-33-47)59(52-38-34-44-20-10-11-23-49(44)40-52)58-27-15-14-26-56(58)55-39-35-50(43-18-6-2-7-19-43)41-57(55)54-25-13-12-24-53(54)48-21-8-3-9-22-48/h1-41H. The Morgan fingerprint density at radius 3 is 1.27 bits per heavy atom. The number of hydrogen-bond acceptors (Lipinski definition) is 1. The summed E-state index contributed by atoms with van der Waals surface area (Å²) in [6, 6.07) is 89.9. The van der Waals surface area contributed by atoms with Crippen molar-refractivity contribution in [2.24, 2.45) is 0 Å². The molecule has 0 saturated carbocycles. The first-order valence-electron chi connectivity index (χ1n) is 20.3. The van der Waals surface area contributed by atoms with Crippen molar-refractivity contribution in [1.82, 2.24) is 0 Å². The molecular weight excluding hydrogens is 711 g/mol. The Morgan fingerprint density at radius 2 is 0.627 bits per heavy atom. The molecule has 0 aliphatic rings. The zero-order valence-electron chi connectivity index (χ0n) is 32.6. The lowest BCUT2D eigenvalue weighted by molar-refractivity contribution is 1.29. The summed E-state index contributed by atoms with van der Waals surface area (Å²) in [5, 5.41) is 2.42. The second kappa shape index (κ2) is 16.0. The molecule has 0 amide bonds. The van der Waals surface area contributed by atoms with E-state index in [2.05, 4.69) is 254 Å². The van der Waals surface area contributed by atoms with Crippen LogP contribution < -0.4 is 4.90 Å². The van der Waals surface area contributed by atoms with Crippen LogP contribution in [0.3, 0.4) is 0 Å². The summed E-state index contributed by atoms with van der Waals surface area (Å²) in [7, 11) is 0. The molecule has 0 atom stereocenters. The molecule has 0 N–H and O–H groups in total. The third kappa shape index (κ3) is 7.23. The molecule has 10 aromatic rings. The van der Waals surface area contributed by atoms with Gasteiger partial charge < -0.3 is 4.90 Å². The SMILES string of the molecule is c1ccc(-c2ccc(-c3ccc(N(c4ccc5ccccc5c4)c4ccccc4-c4ccc(-c5ccccc5)cc4-c4ccccc4-c4ccccc4)cc3)cc2)cc1. The second-order valence-corrected chi connectivity index (χ2v) is 14.9. The molecule has 0 radical (unpaired) electrons. The van der Waals surface area contributed by atoms with Gasteiger partial charge in [0, 0.05) is 16.9 Å². The van der Waals surface area contributed by atoms with E-state index >= 15 is 0 Å². The normalized spacial score (nSPS) is 11.1. The largest absolute Gasteiger partial charge is 0.310 e. The van der Waals surface area contributed by atoms with Crippen LogP contribution in [0.2, 0.25) is 0 Å². The van der Waals surface area contributed by atoms with Crippen LogP contribution in [0.1, 0.15) is 0 Å². The number of fused-ring (bicyclic) bond motifs is 1. The molecule has 278 valence electrons. The van der Waals surface area contributed by atoms with E-state index in [0.717, 1.165) is 22.6 Å². The minimum absolute atomic E-state index is 1.09. The molecule has 0 bridgehead atoms. The van der Waals surface area contributed by atoms with Gasteiger partial charge in [-0.25, -0.2) is 0 Å². The summed E-state index contributed by atoms with van der Waals surface area (Å²) in [5.74, 6) is 0. The van der Waals surface area contributed by atoms with Crippen molar-refractivity contribution in [3.05, 3.63) is 249 Å². The number of para-hydroxylation sites is 1. The number of benzene rings is 10. The highest BCUT2D eigenvalue weighted by atomic mass is 15.1. The van der Waals surface area contributed by atoms with Crippen molar-refractivity contribution in [2.75, 3.05) is 4.90 Å². The van der Waals surface area contributed by atoms with E-state index < -0.39 is 0 Å². The first-order chi connectivity index (χ1) is 29.3. The zero-order chi connectivity index (χ0) is 39.4. The Kier molecular flexibility index (Phi) is 9.68.